The minimum absolute atomic E-state index is 0.00765. The number of nitrogens with zero attached hydrogens (tertiary/aromatic N) is 3. The zero-order valence-corrected chi connectivity index (χ0v) is 11.9. The highest BCUT2D eigenvalue weighted by Gasteiger charge is 2.26. The maximum absolute atomic E-state index is 11.6. The Balaban J connectivity index is 2.03. The van der Waals surface area contributed by atoms with Gasteiger partial charge in [-0.05, 0) is 7.05 Å². The van der Waals surface area contributed by atoms with E-state index >= 15 is 0 Å². The van der Waals surface area contributed by atoms with Crippen molar-refractivity contribution in [3.8, 4) is 0 Å². The Morgan fingerprint density at radius 1 is 1.61 bits per heavy atom. The van der Waals surface area contributed by atoms with E-state index in [9.17, 15) is 4.79 Å². The van der Waals surface area contributed by atoms with Crippen molar-refractivity contribution in [2.24, 2.45) is 5.92 Å². The quantitative estimate of drug-likeness (QED) is 0.826. The molecule has 2 heterocycles. The number of thioether (sulfide) groups is 1. The van der Waals surface area contributed by atoms with Gasteiger partial charge in [0.15, 0.2) is 5.82 Å². The maximum Gasteiger partial charge on any atom is 0.234 e. The van der Waals surface area contributed by atoms with E-state index in [4.69, 9.17) is 4.52 Å². The van der Waals surface area contributed by atoms with Crippen LogP contribution in [0.1, 0.15) is 31.6 Å². The van der Waals surface area contributed by atoms with Crippen molar-refractivity contribution in [2.75, 3.05) is 25.1 Å². The number of ketones is 1. The zero-order chi connectivity index (χ0) is 13.1. The van der Waals surface area contributed by atoms with Gasteiger partial charge in [-0.2, -0.15) is 16.7 Å². The molecular weight excluding hydrogens is 250 g/mol. The molecule has 1 unspecified atom stereocenters. The molecule has 1 aliphatic rings. The Kier molecular flexibility index (Phi) is 4.40. The van der Waals surface area contributed by atoms with Gasteiger partial charge in [0, 0.05) is 24.0 Å². The fourth-order valence-electron chi connectivity index (χ4n) is 1.79. The monoisotopic (exact) mass is 269 g/mol. The second-order valence-electron chi connectivity index (χ2n) is 4.92. The van der Waals surface area contributed by atoms with E-state index in [1.165, 1.54) is 0 Å². The van der Waals surface area contributed by atoms with E-state index in [0.29, 0.717) is 11.7 Å². The van der Waals surface area contributed by atoms with Crippen molar-refractivity contribution >= 4 is 17.5 Å². The lowest BCUT2D eigenvalue weighted by Crippen LogP contribution is -2.33. The SMILES string of the molecule is CC(C)C(=O)Cc1nc(C2CSCCN2C)no1. The normalized spacial score (nSPS) is 21.4. The fraction of sp³-hybridized carbons (Fsp3) is 0.750. The van der Waals surface area contributed by atoms with Gasteiger partial charge in [-0.15, -0.1) is 0 Å². The third-order valence-corrected chi connectivity index (χ3v) is 4.17. The third-order valence-electron chi connectivity index (χ3n) is 3.15. The number of carbonyl (C=O) groups excluding carboxylic acids is 1. The molecule has 0 saturated carbocycles. The summed E-state index contributed by atoms with van der Waals surface area (Å²) in [5.41, 5.74) is 0. The van der Waals surface area contributed by atoms with Gasteiger partial charge in [-0.1, -0.05) is 19.0 Å². The van der Waals surface area contributed by atoms with Crippen LogP contribution in [0.3, 0.4) is 0 Å². The van der Waals surface area contributed by atoms with E-state index in [-0.39, 0.29) is 24.2 Å². The van der Waals surface area contributed by atoms with E-state index in [0.717, 1.165) is 18.1 Å². The van der Waals surface area contributed by atoms with Gasteiger partial charge >= 0.3 is 0 Å². The Hall–Kier alpha value is -0.880. The minimum atomic E-state index is 0.00765. The minimum Gasteiger partial charge on any atom is -0.339 e. The van der Waals surface area contributed by atoms with Crippen molar-refractivity contribution in [3.63, 3.8) is 0 Å². The standard InChI is InChI=1S/C12H19N3O2S/c1-8(2)10(16)6-11-13-12(14-17-11)9-7-18-5-4-15(9)3/h8-9H,4-7H2,1-3H3. The fourth-order valence-corrected chi connectivity index (χ4v) is 3.00. The molecule has 1 atom stereocenters. The van der Waals surface area contributed by atoms with Gasteiger partial charge in [0.25, 0.3) is 0 Å². The lowest BCUT2D eigenvalue weighted by atomic mass is 10.1. The van der Waals surface area contributed by atoms with Crippen LogP contribution in [0.5, 0.6) is 0 Å². The number of hydrogen-bond donors (Lipinski definition) is 0. The second kappa shape index (κ2) is 5.84. The molecule has 0 aliphatic carbocycles. The van der Waals surface area contributed by atoms with Gasteiger partial charge in [0.05, 0.1) is 12.5 Å². The molecule has 0 amide bonds. The molecule has 1 aliphatic heterocycles. The molecule has 5 nitrogen and oxygen atoms in total. The summed E-state index contributed by atoms with van der Waals surface area (Å²) in [6.07, 6.45) is 0.244. The molecule has 2 rings (SSSR count). The molecule has 0 aromatic carbocycles. The molecule has 1 saturated heterocycles. The predicted octanol–water partition coefficient (Wildman–Crippen LogP) is 1.56. The highest BCUT2D eigenvalue weighted by molar-refractivity contribution is 7.99. The van der Waals surface area contributed by atoms with Crippen LogP contribution in [0, 0.1) is 5.92 Å². The average molecular weight is 269 g/mol. The summed E-state index contributed by atoms with van der Waals surface area (Å²) in [5, 5.41) is 4.01. The lowest BCUT2D eigenvalue weighted by Gasteiger charge is -2.29. The van der Waals surface area contributed by atoms with Crippen LogP contribution < -0.4 is 0 Å². The topological polar surface area (TPSA) is 59.2 Å². The van der Waals surface area contributed by atoms with E-state index in [1.54, 1.807) is 0 Å². The van der Waals surface area contributed by atoms with Crippen LogP contribution in [-0.2, 0) is 11.2 Å². The Morgan fingerprint density at radius 3 is 3.06 bits per heavy atom. The maximum atomic E-state index is 11.6. The first-order valence-corrected chi connectivity index (χ1v) is 7.36. The van der Waals surface area contributed by atoms with Gasteiger partial charge in [0.2, 0.25) is 5.89 Å². The van der Waals surface area contributed by atoms with E-state index in [1.807, 2.05) is 25.6 Å². The Labute approximate surface area is 111 Å². The third kappa shape index (κ3) is 3.11. The van der Waals surface area contributed by atoms with E-state index in [2.05, 4.69) is 22.1 Å². The van der Waals surface area contributed by atoms with Gasteiger partial charge in [-0.3, -0.25) is 9.69 Å². The smallest absolute Gasteiger partial charge is 0.234 e. The van der Waals surface area contributed by atoms with Crippen molar-refractivity contribution in [2.45, 2.75) is 26.3 Å². The summed E-state index contributed by atoms with van der Waals surface area (Å²) in [6.45, 7) is 4.79. The number of aromatic nitrogens is 2. The van der Waals surface area contributed by atoms with Crippen molar-refractivity contribution in [1.82, 2.24) is 15.0 Å². The van der Waals surface area contributed by atoms with Gasteiger partial charge < -0.3 is 4.52 Å². The van der Waals surface area contributed by atoms with Gasteiger partial charge in [-0.25, -0.2) is 0 Å². The summed E-state index contributed by atoms with van der Waals surface area (Å²) in [4.78, 5) is 18.2. The predicted molar refractivity (Wildman–Crippen MR) is 70.5 cm³/mol. The summed E-state index contributed by atoms with van der Waals surface area (Å²) < 4.78 is 5.17. The highest BCUT2D eigenvalue weighted by Crippen LogP contribution is 2.26. The largest absolute Gasteiger partial charge is 0.339 e. The molecular formula is C12H19N3O2S. The number of hydrogen-bond acceptors (Lipinski definition) is 6. The number of Topliss-reactive ketones (excluding diaryl/α,β-unsaturated/α-hetero) is 1. The van der Waals surface area contributed by atoms with Crippen LogP contribution in [0.2, 0.25) is 0 Å². The summed E-state index contributed by atoms with van der Waals surface area (Å²) in [7, 11) is 2.07. The van der Waals surface area contributed by atoms with Crippen LogP contribution >= 0.6 is 11.8 Å². The number of carbonyl (C=O) groups is 1. The first-order chi connectivity index (χ1) is 8.58. The van der Waals surface area contributed by atoms with Crippen molar-refractivity contribution < 1.29 is 9.32 Å². The first-order valence-electron chi connectivity index (χ1n) is 6.21. The Bertz CT molecular complexity index is 419. The molecule has 18 heavy (non-hydrogen) atoms. The molecule has 0 bridgehead atoms. The molecule has 6 heteroatoms. The van der Waals surface area contributed by atoms with Crippen molar-refractivity contribution in [1.29, 1.82) is 0 Å². The number of rotatable bonds is 4. The summed E-state index contributed by atoms with van der Waals surface area (Å²) >= 11 is 1.90. The Morgan fingerprint density at radius 2 is 2.39 bits per heavy atom. The van der Waals surface area contributed by atoms with Crippen LogP contribution in [-0.4, -0.2) is 45.9 Å². The van der Waals surface area contributed by atoms with Crippen molar-refractivity contribution in [3.05, 3.63) is 11.7 Å². The second-order valence-corrected chi connectivity index (χ2v) is 6.07. The van der Waals surface area contributed by atoms with Gasteiger partial charge in [0.1, 0.15) is 5.78 Å². The van der Waals surface area contributed by atoms with Crippen LogP contribution in [0.25, 0.3) is 0 Å². The summed E-state index contributed by atoms with van der Waals surface area (Å²) in [6, 6.07) is 0.204. The lowest BCUT2D eigenvalue weighted by molar-refractivity contribution is -0.121. The van der Waals surface area contributed by atoms with E-state index < -0.39 is 0 Å². The molecule has 1 aromatic heterocycles. The highest BCUT2D eigenvalue weighted by atomic mass is 32.2. The molecule has 100 valence electrons. The van der Waals surface area contributed by atoms with Crippen LogP contribution in [0.15, 0.2) is 4.52 Å². The molecule has 0 spiro atoms. The molecule has 1 fully saturated rings. The molecule has 0 radical (unpaired) electrons. The first kappa shape index (κ1) is 13.5. The zero-order valence-electron chi connectivity index (χ0n) is 11.0. The molecule has 0 N–H and O–H groups in total. The average Bonchev–Trinajstić information content (AvgIpc) is 2.77. The molecule has 1 aromatic rings. The van der Waals surface area contributed by atoms with Crippen LogP contribution in [0.4, 0.5) is 0 Å². The summed E-state index contributed by atoms with van der Waals surface area (Å²) in [5.74, 6) is 3.41.